The Bertz CT molecular complexity index is 507. The summed E-state index contributed by atoms with van der Waals surface area (Å²) in [6.45, 7) is 2.06. The van der Waals surface area contributed by atoms with E-state index >= 15 is 0 Å². The van der Waals surface area contributed by atoms with Crippen LogP contribution >= 0.6 is 11.6 Å². The molecule has 5 heteroatoms. The van der Waals surface area contributed by atoms with Gasteiger partial charge in [0, 0.05) is 6.20 Å². The molecule has 1 N–H and O–H groups in total. The maximum atomic E-state index is 11.5. The Balaban J connectivity index is 2.53. The molecule has 0 saturated carbocycles. The topological polar surface area (TPSA) is 55.0 Å². The second-order valence-electron chi connectivity index (χ2n) is 2.93. The van der Waals surface area contributed by atoms with Gasteiger partial charge in [-0.2, -0.15) is 0 Å². The standard InChI is InChI=1S/C10H9ClN2O2/c1-2-15-10(14)9-7(11)8-6(13-9)4-3-5-12-8/h3-5,13H,2H2,1H3. The van der Waals surface area contributed by atoms with Crippen LogP contribution in [-0.4, -0.2) is 22.5 Å². The summed E-state index contributed by atoms with van der Waals surface area (Å²) in [6.07, 6.45) is 1.62. The van der Waals surface area contributed by atoms with Gasteiger partial charge in [-0.15, -0.1) is 0 Å². The van der Waals surface area contributed by atoms with E-state index in [0.29, 0.717) is 17.1 Å². The van der Waals surface area contributed by atoms with Gasteiger partial charge in [0.1, 0.15) is 11.2 Å². The lowest BCUT2D eigenvalue weighted by Crippen LogP contribution is -2.05. The molecule has 0 aromatic carbocycles. The number of fused-ring (bicyclic) bond motifs is 1. The summed E-state index contributed by atoms with van der Waals surface area (Å²) in [6, 6.07) is 3.57. The zero-order valence-corrected chi connectivity index (χ0v) is 8.84. The zero-order valence-electron chi connectivity index (χ0n) is 8.08. The van der Waals surface area contributed by atoms with Gasteiger partial charge in [-0.25, -0.2) is 4.79 Å². The number of hydrogen-bond acceptors (Lipinski definition) is 3. The van der Waals surface area contributed by atoms with Crippen molar-refractivity contribution < 1.29 is 9.53 Å². The maximum Gasteiger partial charge on any atom is 0.356 e. The Hall–Kier alpha value is -1.55. The van der Waals surface area contributed by atoms with Crippen molar-refractivity contribution in [2.75, 3.05) is 6.61 Å². The van der Waals surface area contributed by atoms with Crippen LogP contribution in [0.2, 0.25) is 5.02 Å². The van der Waals surface area contributed by atoms with Crippen LogP contribution in [0.25, 0.3) is 11.0 Å². The van der Waals surface area contributed by atoms with Gasteiger partial charge >= 0.3 is 5.97 Å². The molecule has 0 saturated heterocycles. The SMILES string of the molecule is CCOC(=O)c1[nH]c2cccnc2c1Cl. The number of pyridine rings is 1. The number of aromatic nitrogens is 2. The number of halogens is 1. The van der Waals surface area contributed by atoms with Crippen molar-refractivity contribution in [3.8, 4) is 0 Å². The van der Waals surface area contributed by atoms with Crippen LogP contribution in [0.3, 0.4) is 0 Å². The smallest absolute Gasteiger partial charge is 0.356 e. The highest BCUT2D eigenvalue weighted by Gasteiger charge is 2.17. The van der Waals surface area contributed by atoms with Crippen molar-refractivity contribution in [2.24, 2.45) is 0 Å². The van der Waals surface area contributed by atoms with Gasteiger partial charge in [-0.1, -0.05) is 11.6 Å². The monoisotopic (exact) mass is 224 g/mol. The van der Waals surface area contributed by atoms with Crippen LogP contribution in [0, 0.1) is 0 Å². The minimum absolute atomic E-state index is 0.257. The maximum absolute atomic E-state index is 11.5. The molecule has 0 spiro atoms. The predicted molar refractivity (Wildman–Crippen MR) is 57.1 cm³/mol. The van der Waals surface area contributed by atoms with Crippen molar-refractivity contribution in [1.29, 1.82) is 0 Å². The average molecular weight is 225 g/mol. The van der Waals surface area contributed by atoms with E-state index in [9.17, 15) is 4.79 Å². The summed E-state index contributed by atoms with van der Waals surface area (Å²) in [5.74, 6) is -0.458. The lowest BCUT2D eigenvalue weighted by atomic mass is 10.4. The molecular formula is C10H9ClN2O2. The van der Waals surface area contributed by atoms with Gasteiger partial charge < -0.3 is 9.72 Å². The number of aromatic amines is 1. The summed E-state index contributed by atoms with van der Waals surface area (Å²) >= 11 is 5.99. The zero-order chi connectivity index (χ0) is 10.8. The minimum Gasteiger partial charge on any atom is -0.461 e. The Morgan fingerprint density at radius 2 is 2.47 bits per heavy atom. The first kappa shape index (κ1) is 9.98. The Kier molecular flexibility index (Phi) is 2.60. The minimum atomic E-state index is -0.458. The van der Waals surface area contributed by atoms with Gasteiger partial charge in [-0.05, 0) is 19.1 Å². The largest absolute Gasteiger partial charge is 0.461 e. The molecule has 0 unspecified atom stereocenters. The molecule has 2 heterocycles. The normalized spacial score (nSPS) is 10.5. The second kappa shape index (κ2) is 3.90. The third-order valence-corrected chi connectivity index (χ3v) is 2.34. The Labute approximate surface area is 91.2 Å². The van der Waals surface area contributed by atoms with Crippen LogP contribution in [0.1, 0.15) is 17.4 Å². The summed E-state index contributed by atoms with van der Waals surface area (Å²) < 4.78 is 4.86. The molecule has 0 aliphatic heterocycles. The lowest BCUT2D eigenvalue weighted by Gasteiger charge is -1.98. The Morgan fingerprint density at radius 1 is 1.67 bits per heavy atom. The third-order valence-electron chi connectivity index (χ3n) is 1.97. The number of carbonyl (C=O) groups is 1. The average Bonchev–Trinajstić information content (AvgIpc) is 2.57. The van der Waals surface area contributed by atoms with Crippen LogP contribution in [0.5, 0.6) is 0 Å². The first-order valence-corrected chi connectivity index (χ1v) is 4.91. The Morgan fingerprint density at radius 3 is 3.13 bits per heavy atom. The molecular weight excluding hydrogens is 216 g/mol. The fraction of sp³-hybridized carbons (Fsp3) is 0.200. The molecule has 78 valence electrons. The van der Waals surface area contributed by atoms with Crippen molar-refractivity contribution in [3.05, 3.63) is 29.0 Å². The number of ether oxygens (including phenoxy) is 1. The number of esters is 1. The van der Waals surface area contributed by atoms with E-state index in [1.807, 2.05) is 0 Å². The fourth-order valence-corrected chi connectivity index (χ4v) is 1.61. The second-order valence-corrected chi connectivity index (χ2v) is 3.31. The summed E-state index contributed by atoms with van der Waals surface area (Å²) in [4.78, 5) is 18.4. The molecule has 0 bridgehead atoms. The van der Waals surface area contributed by atoms with Gasteiger partial charge in [-0.3, -0.25) is 4.98 Å². The first-order valence-electron chi connectivity index (χ1n) is 4.53. The van der Waals surface area contributed by atoms with E-state index in [1.54, 1.807) is 25.3 Å². The van der Waals surface area contributed by atoms with E-state index in [4.69, 9.17) is 16.3 Å². The van der Waals surface area contributed by atoms with E-state index in [2.05, 4.69) is 9.97 Å². The highest BCUT2D eigenvalue weighted by molar-refractivity contribution is 6.38. The van der Waals surface area contributed by atoms with E-state index in [-0.39, 0.29) is 5.69 Å². The summed E-state index contributed by atoms with van der Waals surface area (Å²) in [5.41, 5.74) is 1.57. The molecule has 0 radical (unpaired) electrons. The molecule has 15 heavy (non-hydrogen) atoms. The van der Waals surface area contributed by atoms with E-state index in [0.717, 1.165) is 5.52 Å². The molecule has 0 amide bonds. The number of rotatable bonds is 2. The molecule has 2 aromatic heterocycles. The van der Waals surface area contributed by atoms with E-state index < -0.39 is 5.97 Å². The number of hydrogen-bond donors (Lipinski definition) is 1. The number of H-pyrrole nitrogens is 1. The third kappa shape index (κ3) is 1.68. The van der Waals surface area contributed by atoms with Gasteiger partial charge in [0.25, 0.3) is 0 Å². The van der Waals surface area contributed by atoms with Gasteiger partial charge in [0.15, 0.2) is 0 Å². The molecule has 0 atom stereocenters. The fourth-order valence-electron chi connectivity index (χ4n) is 1.33. The van der Waals surface area contributed by atoms with Crippen molar-refractivity contribution in [3.63, 3.8) is 0 Å². The van der Waals surface area contributed by atoms with Crippen molar-refractivity contribution in [1.82, 2.24) is 9.97 Å². The highest BCUT2D eigenvalue weighted by atomic mass is 35.5. The molecule has 0 fully saturated rings. The van der Waals surface area contributed by atoms with Crippen LogP contribution in [0.15, 0.2) is 18.3 Å². The first-order chi connectivity index (χ1) is 7.24. The van der Waals surface area contributed by atoms with Crippen LogP contribution in [0.4, 0.5) is 0 Å². The van der Waals surface area contributed by atoms with Crippen molar-refractivity contribution in [2.45, 2.75) is 6.92 Å². The van der Waals surface area contributed by atoms with Crippen LogP contribution < -0.4 is 0 Å². The molecule has 0 aliphatic carbocycles. The van der Waals surface area contributed by atoms with Crippen LogP contribution in [-0.2, 0) is 4.74 Å². The van der Waals surface area contributed by atoms with E-state index in [1.165, 1.54) is 0 Å². The molecule has 2 rings (SSSR count). The summed E-state index contributed by atoms with van der Waals surface area (Å²) in [5, 5.41) is 0.309. The number of carbonyl (C=O) groups excluding carboxylic acids is 1. The molecule has 2 aromatic rings. The summed E-state index contributed by atoms with van der Waals surface area (Å²) in [7, 11) is 0. The molecule has 4 nitrogen and oxygen atoms in total. The molecule has 0 aliphatic rings. The highest BCUT2D eigenvalue weighted by Crippen LogP contribution is 2.25. The van der Waals surface area contributed by atoms with Crippen molar-refractivity contribution >= 4 is 28.6 Å². The quantitative estimate of drug-likeness (QED) is 0.797. The van der Waals surface area contributed by atoms with Gasteiger partial charge in [0.05, 0.1) is 17.1 Å². The number of nitrogens with one attached hydrogen (secondary N) is 1. The van der Waals surface area contributed by atoms with Gasteiger partial charge in [0.2, 0.25) is 0 Å². The predicted octanol–water partition coefficient (Wildman–Crippen LogP) is 2.39. The number of nitrogens with zero attached hydrogens (tertiary/aromatic N) is 1. The lowest BCUT2D eigenvalue weighted by molar-refractivity contribution is 0.0521.